The Hall–Kier alpha value is -1.45. The van der Waals surface area contributed by atoms with Gasteiger partial charge < -0.3 is 0 Å². The molecule has 0 amide bonds. The van der Waals surface area contributed by atoms with Crippen molar-refractivity contribution in [3.8, 4) is 10.6 Å². The molecular formula is C13H13F3N2O2S2. The van der Waals surface area contributed by atoms with Crippen molar-refractivity contribution in [2.24, 2.45) is 0 Å². The van der Waals surface area contributed by atoms with Crippen molar-refractivity contribution in [2.45, 2.75) is 19.1 Å². The molecule has 0 aliphatic carbocycles. The van der Waals surface area contributed by atoms with Gasteiger partial charge in [-0.05, 0) is 23.1 Å². The van der Waals surface area contributed by atoms with Gasteiger partial charge >= 0.3 is 6.18 Å². The maximum Gasteiger partial charge on any atom is 0.390 e. The van der Waals surface area contributed by atoms with Gasteiger partial charge in [0.1, 0.15) is 0 Å². The van der Waals surface area contributed by atoms with Gasteiger partial charge in [0.2, 0.25) is 10.0 Å². The molecule has 0 aliphatic rings. The second-order valence-corrected chi connectivity index (χ2v) is 7.37. The number of rotatable bonds is 6. The van der Waals surface area contributed by atoms with E-state index in [1.807, 2.05) is 17.5 Å². The Morgan fingerprint density at radius 1 is 1.23 bits per heavy atom. The second-order valence-electron chi connectivity index (χ2n) is 4.49. The highest BCUT2D eigenvalue weighted by molar-refractivity contribution is 7.89. The summed E-state index contributed by atoms with van der Waals surface area (Å²) in [6.45, 7) is -0.0960. The summed E-state index contributed by atoms with van der Waals surface area (Å²) < 4.78 is 61.7. The number of thiophene rings is 1. The van der Waals surface area contributed by atoms with E-state index >= 15 is 0 Å². The number of alkyl halides is 3. The van der Waals surface area contributed by atoms with Crippen LogP contribution in [0.1, 0.15) is 12.0 Å². The van der Waals surface area contributed by atoms with Crippen molar-refractivity contribution in [3.05, 3.63) is 41.4 Å². The smallest absolute Gasteiger partial charge is 0.255 e. The summed E-state index contributed by atoms with van der Waals surface area (Å²) in [4.78, 5) is 5.07. The average molecular weight is 350 g/mol. The molecule has 1 N–H and O–H groups in total. The molecule has 0 spiro atoms. The molecule has 0 aromatic carbocycles. The van der Waals surface area contributed by atoms with E-state index in [1.165, 1.54) is 11.3 Å². The molecule has 4 nitrogen and oxygen atoms in total. The summed E-state index contributed by atoms with van der Waals surface area (Å²) in [5.74, 6) is -0.981. The number of nitrogens with zero attached hydrogens (tertiary/aromatic N) is 1. The van der Waals surface area contributed by atoms with Crippen LogP contribution in [0.2, 0.25) is 0 Å². The van der Waals surface area contributed by atoms with Crippen LogP contribution in [0.4, 0.5) is 13.2 Å². The predicted molar refractivity (Wildman–Crippen MR) is 78.8 cm³/mol. The van der Waals surface area contributed by atoms with Crippen molar-refractivity contribution < 1.29 is 21.6 Å². The summed E-state index contributed by atoms with van der Waals surface area (Å²) in [7, 11) is -3.99. The van der Waals surface area contributed by atoms with Crippen LogP contribution >= 0.6 is 11.3 Å². The Kier molecular flexibility index (Phi) is 5.20. The SMILES string of the molecule is O=S(=O)(CCC(F)(F)F)NCc1cccnc1-c1cccs1. The number of pyridine rings is 1. The lowest BCUT2D eigenvalue weighted by Gasteiger charge is -2.10. The van der Waals surface area contributed by atoms with Crippen LogP contribution in [0.5, 0.6) is 0 Å². The normalized spacial score (nSPS) is 12.5. The molecule has 0 aliphatic heterocycles. The minimum Gasteiger partial charge on any atom is -0.255 e. The number of hydrogen-bond donors (Lipinski definition) is 1. The fourth-order valence-corrected chi connectivity index (χ4v) is 3.50. The zero-order valence-corrected chi connectivity index (χ0v) is 12.9. The Morgan fingerprint density at radius 3 is 2.64 bits per heavy atom. The third kappa shape index (κ3) is 5.08. The summed E-state index contributed by atoms with van der Waals surface area (Å²) in [5, 5.41) is 1.86. The summed E-state index contributed by atoms with van der Waals surface area (Å²) >= 11 is 1.45. The van der Waals surface area contributed by atoms with Gasteiger partial charge in [-0.2, -0.15) is 13.2 Å². The fourth-order valence-electron chi connectivity index (χ4n) is 1.73. The molecule has 2 aromatic heterocycles. The van der Waals surface area contributed by atoms with E-state index in [0.29, 0.717) is 11.3 Å². The van der Waals surface area contributed by atoms with Crippen molar-refractivity contribution in [3.63, 3.8) is 0 Å². The highest BCUT2D eigenvalue weighted by Crippen LogP contribution is 2.26. The lowest BCUT2D eigenvalue weighted by Crippen LogP contribution is -2.28. The van der Waals surface area contributed by atoms with Crippen molar-refractivity contribution in [1.82, 2.24) is 9.71 Å². The molecular weight excluding hydrogens is 337 g/mol. The van der Waals surface area contributed by atoms with Gasteiger partial charge in [-0.3, -0.25) is 4.98 Å². The standard InChI is InChI=1S/C13H13F3N2O2S2/c14-13(15,16)5-8-22(19,20)18-9-10-3-1-6-17-12(10)11-4-2-7-21-11/h1-4,6-7,18H,5,8-9H2. The number of nitrogens with one attached hydrogen (secondary N) is 1. The van der Waals surface area contributed by atoms with Crippen molar-refractivity contribution in [1.29, 1.82) is 0 Å². The Morgan fingerprint density at radius 2 is 2.00 bits per heavy atom. The molecule has 9 heteroatoms. The fraction of sp³-hybridized carbons (Fsp3) is 0.308. The zero-order chi connectivity index (χ0) is 16.2. The van der Waals surface area contributed by atoms with Gasteiger partial charge in [0.15, 0.2) is 0 Å². The van der Waals surface area contributed by atoms with Crippen LogP contribution in [0, 0.1) is 0 Å². The van der Waals surface area contributed by atoms with Crippen molar-refractivity contribution in [2.75, 3.05) is 5.75 Å². The largest absolute Gasteiger partial charge is 0.390 e. The summed E-state index contributed by atoms with van der Waals surface area (Å²) in [6, 6.07) is 7.02. The van der Waals surface area contributed by atoms with E-state index in [-0.39, 0.29) is 6.54 Å². The number of aromatic nitrogens is 1. The van der Waals surface area contributed by atoms with Gasteiger partial charge in [0.25, 0.3) is 0 Å². The molecule has 0 saturated heterocycles. The highest BCUT2D eigenvalue weighted by atomic mass is 32.2. The van der Waals surface area contributed by atoms with E-state index in [1.54, 1.807) is 18.3 Å². The second kappa shape index (κ2) is 6.76. The zero-order valence-electron chi connectivity index (χ0n) is 11.3. The molecule has 0 atom stereocenters. The first kappa shape index (κ1) is 16.9. The molecule has 0 bridgehead atoms. The van der Waals surface area contributed by atoms with Crippen LogP contribution in [0.25, 0.3) is 10.6 Å². The number of hydrogen-bond acceptors (Lipinski definition) is 4. The maximum absolute atomic E-state index is 12.1. The van der Waals surface area contributed by atoms with Crippen LogP contribution in [-0.2, 0) is 16.6 Å². The molecule has 0 radical (unpaired) electrons. The first-order chi connectivity index (χ1) is 10.3. The van der Waals surface area contributed by atoms with Gasteiger partial charge in [0.05, 0.1) is 22.7 Å². The minimum atomic E-state index is -4.49. The van der Waals surface area contributed by atoms with Crippen LogP contribution in [0.15, 0.2) is 35.8 Å². The number of sulfonamides is 1. The Labute approximate surface area is 130 Å². The summed E-state index contributed by atoms with van der Waals surface area (Å²) in [5.41, 5.74) is 1.23. The quantitative estimate of drug-likeness (QED) is 0.870. The number of halogens is 3. The predicted octanol–water partition coefficient (Wildman–Crippen LogP) is 3.18. The maximum atomic E-state index is 12.1. The average Bonchev–Trinajstić information content (AvgIpc) is 2.97. The van der Waals surface area contributed by atoms with Crippen molar-refractivity contribution >= 4 is 21.4 Å². The third-order valence-electron chi connectivity index (χ3n) is 2.78. The monoisotopic (exact) mass is 350 g/mol. The first-order valence-electron chi connectivity index (χ1n) is 6.29. The molecule has 22 heavy (non-hydrogen) atoms. The molecule has 120 valence electrons. The first-order valence-corrected chi connectivity index (χ1v) is 8.82. The van der Waals surface area contributed by atoms with Crippen LogP contribution < -0.4 is 4.72 Å². The Bertz CT molecular complexity index is 713. The summed E-state index contributed by atoms with van der Waals surface area (Å²) in [6.07, 6.45) is -4.28. The van der Waals surface area contributed by atoms with Gasteiger partial charge in [-0.15, -0.1) is 11.3 Å². The molecule has 0 unspecified atom stereocenters. The van der Waals surface area contributed by atoms with Crippen LogP contribution in [-0.4, -0.2) is 25.3 Å². The third-order valence-corrected chi connectivity index (χ3v) is 4.98. The van der Waals surface area contributed by atoms with E-state index < -0.39 is 28.4 Å². The molecule has 2 aromatic rings. The van der Waals surface area contributed by atoms with Gasteiger partial charge in [0, 0.05) is 12.7 Å². The molecule has 0 fully saturated rings. The lowest BCUT2D eigenvalue weighted by atomic mass is 10.2. The topological polar surface area (TPSA) is 59.1 Å². The van der Waals surface area contributed by atoms with E-state index in [0.717, 1.165) is 4.88 Å². The van der Waals surface area contributed by atoms with E-state index in [2.05, 4.69) is 9.71 Å². The molecule has 2 rings (SSSR count). The van der Waals surface area contributed by atoms with Crippen LogP contribution in [0.3, 0.4) is 0 Å². The molecule has 0 saturated carbocycles. The molecule has 2 heterocycles. The van der Waals surface area contributed by atoms with E-state index in [4.69, 9.17) is 0 Å². The Balaban J connectivity index is 2.06. The van der Waals surface area contributed by atoms with E-state index in [9.17, 15) is 21.6 Å². The van der Waals surface area contributed by atoms with Gasteiger partial charge in [-0.25, -0.2) is 13.1 Å². The lowest BCUT2D eigenvalue weighted by molar-refractivity contribution is -0.129. The van der Waals surface area contributed by atoms with Gasteiger partial charge in [-0.1, -0.05) is 12.1 Å². The highest BCUT2D eigenvalue weighted by Gasteiger charge is 2.29. The minimum absolute atomic E-state index is 0.0960.